The van der Waals surface area contributed by atoms with Crippen LogP contribution in [0.3, 0.4) is 0 Å². The number of nitrogens with one attached hydrogen (secondary N) is 1. The largest absolute Gasteiger partial charge is 0.378 e. The van der Waals surface area contributed by atoms with Gasteiger partial charge in [0, 0.05) is 63.4 Å². The fraction of sp³-hybridized carbons (Fsp3) is 0.609. The number of morpholine rings is 1. The molecule has 0 spiro atoms. The van der Waals surface area contributed by atoms with E-state index >= 15 is 0 Å². The molecule has 12 nitrogen and oxygen atoms in total. The molecule has 2 aromatic rings. The zero-order valence-electron chi connectivity index (χ0n) is 20.1. The summed E-state index contributed by atoms with van der Waals surface area (Å²) in [5.74, 6) is 1.57. The van der Waals surface area contributed by atoms with Crippen LogP contribution in [0.2, 0.25) is 0 Å². The fourth-order valence-electron chi connectivity index (χ4n) is 5.16. The number of nitrogens with zero attached hydrogens (tertiary/aromatic N) is 6. The van der Waals surface area contributed by atoms with E-state index in [0.717, 1.165) is 37.3 Å². The van der Waals surface area contributed by atoms with Crippen molar-refractivity contribution in [2.45, 2.75) is 37.0 Å². The van der Waals surface area contributed by atoms with Crippen LogP contribution < -0.4 is 43.0 Å². The van der Waals surface area contributed by atoms with Gasteiger partial charge in [-0.15, -0.1) is 0 Å². The van der Waals surface area contributed by atoms with Crippen LogP contribution in [-0.4, -0.2) is 91.6 Å². The summed E-state index contributed by atoms with van der Waals surface area (Å²) in [5, 5.41) is 3.45. The molecule has 3 fully saturated rings. The lowest BCUT2D eigenvalue weighted by Gasteiger charge is -2.37. The van der Waals surface area contributed by atoms with E-state index in [1.165, 1.54) is 0 Å². The smallest absolute Gasteiger partial charge is 0.233 e. The van der Waals surface area contributed by atoms with Gasteiger partial charge in [0.1, 0.15) is 0 Å². The highest BCUT2D eigenvalue weighted by molar-refractivity contribution is 5.74. The lowest BCUT2D eigenvalue weighted by atomic mass is 10.0. The van der Waals surface area contributed by atoms with Crippen molar-refractivity contribution in [1.29, 1.82) is 0 Å². The third kappa shape index (κ3) is 5.73. The van der Waals surface area contributed by atoms with Crippen molar-refractivity contribution >= 4 is 29.2 Å². The van der Waals surface area contributed by atoms with Crippen LogP contribution in [0.5, 0.6) is 0 Å². The molecule has 190 valence electrons. The van der Waals surface area contributed by atoms with Gasteiger partial charge in [-0.1, -0.05) is 12.1 Å². The van der Waals surface area contributed by atoms with Gasteiger partial charge in [-0.25, -0.2) is 0 Å². The molecule has 3 aliphatic heterocycles. The van der Waals surface area contributed by atoms with Gasteiger partial charge in [0.15, 0.2) is 0 Å². The summed E-state index contributed by atoms with van der Waals surface area (Å²) in [7, 11) is 0. The average Bonchev–Trinajstić information content (AvgIpc) is 2.83. The third-order valence-electron chi connectivity index (χ3n) is 6.71. The van der Waals surface area contributed by atoms with Crippen LogP contribution in [0.15, 0.2) is 24.3 Å². The highest BCUT2D eigenvalue weighted by atomic mass is 16.5. The molecule has 9 N–H and O–H groups in total. The van der Waals surface area contributed by atoms with E-state index in [-0.39, 0.29) is 24.2 Å². The maximum atomic E-state index is 6.27. The number of anilines is 5. The molecule has 4 unspecified atom stereocenters. The molecule has 1 aromatic carbocycles. The Morgan fingerprint density at radius 3 is 1.77 bits per heavy atom. The maximum absolute atomic E-state index is 6.27. The first kappa shape index (κ1) is 23.9. The molecule has 4 atom stereocenters. The summed E-state index contributed by atoms with van der Waals surface area (Å²) >= 11 is 0. The number of rotatable bonds is 5. The zero-order valence-corrected chi connectivity index (χ0v) is 20.1. The average molecular weight is 484 g/mol. The van der Waals surface area contributed by atoms with Crippen LogP contribution in [0.25, 0.3) is 0 Å². The topological polar surface area (TPSA) is 174 Å². The molecular weight excluding hydrogens is 446 g/mol. The van der Waals surface area contributed by atoms with Crippen LogP contribution in [0.1, 0.15) is 12.8 Å². The number of hydrogen-bond acceptors (Lipinski definition) is 12. The van der Waals surface area contributed by atoms with Gasteiger partial charge in [0.05, 0.1) is 24.6 Å². The van der Waals surface area contributed by atoms with Crippen LogP contribution in [0.4, 0.5) is 29.2 Å². The Morgan fingerprint density at radius 2 is 1.23 bits per heavy atom. The first-order valence-corrected chi connectivity index (χ1v) is 12.4. The molecule has 0 amide bonds. The molecule has 0 radical (unpaired) electrons. The van der Waals surface area contributed by atoms with Gasteiger partial charge in [-0.2, -0.15) is 15.0 Å². The first-order chi connectivity index (χ1) is 16.9. The molecule has 4 heterocycles. The fourth-order valence-corrected chi connectivity index (χ4v) is 5.16. The number of aromatic nitrogens is 3. The molecule has 1 aromatic heterocycles. The van der Waals surface area contributed by atoms with Crippen molar-refractivity contribution in [2.24, 2.45) is 22.9 Å². The number of nitrogens with two attached hydrogens (primary N) is 4. The number of benzene rings is 1. The lowest BCUT2D eigenvalue weighted by molar-refractivity contribution is 0.123. The van der Waals surface area contributed by atoms with Crippen molar-refractivity contribution in [3.05, 3.63) is 24.3 Å². The van der Waals surface area contributed by atoms with Gasteiger partial charge in [-0.3, -0.25) is 0 Å². The van der Waals surface area contributed by atoms with Gasteiger partial charge in [0.25, 0.3) is 0 Å². The van der Waals surface area contributed by atoms with Crippen molar-refractivity contribution in [3.8, 4) is 0 Å². The molecular formula is C23H37N11O. The molecule has 5 rings (SSSR count). The molecule has 12 heteroatoms. The Balaban J connectivity index is 1.48. The molecule has 0 bridgehead atoms. The summed E-state index contributed by atoms with van der Waals surface area (Å²) in [6, 6.07) is 8.04. The predicted octanol–water partition coefficient (Wildman–Crippen LogP) is -0.819. The number of piperidine rings is 2. The molecule has 3 aliphatic rings. The Hall–Kier alpha value is -2.77. The minimum absolute atomic E-state index is 0.0331. The maximum Gasteiger partial charge on any atom is 0.233 e. The van der Waals surface area contributed by atoms with Crippen molar-refractivity contribution < 1.29 is 4.74 Å². The number of hydrogen-bond donors (Lipinski definition) is 5. The minimum atomic E-state index is -0.0331. The summed E-state index contributed by atoms with van der Waals surface area (Å²) in [5.41, 5.74) is 27.1. The van der Waals surface area contributed by atoms with Crippen LogP contribution >= 0.6 is 0 Å². The monoisotopic (exact) mass is 483 g/mol. The summed E-state index contributed by atoms with van der Waals surface area (Å²) < 4.78 is 5.53. The van der Waals surface area contributed by atoms with E-state index < -0.39 is 0 Å². The van der Waals surface area contributed by atoms with E-state index in [1.807, 2.05) is 28.0 Å². The highest BCUT2D eigenvalue weighted by Gasteiger charge is 2.29. The molecule has 0 aliphatic carbocycles. The Labute approximate surface area is 206 Å². The molecule has 3 saturated heterocycles. The van der Waals surface area contributed by atoms with Crippen molar-refractivity contribution in [2.75, 3.05) is 72.5 Å². The van der Waals surface area contributed by atoms with Gasteiger partial charge in [0.2, 0.25) is 17.8 Å². The second-order valence-electron chi connectivity index (χ2n) is 9.82. The van der Waals surface area contributed by atoms with Crippen LogP contribution in [-0.2, 0) is 4.74 Å². The second-order valence-corrected chi connectivity index (χ2v) is 9.82. The normalized spacial score (nSPS) is 27.7. The van der Waals surface area contributed by atoms with Crippen molar-refractivity contribution in [1.82, 2.24) is 15.0 Å². The standard InChI is InChI=1S/C23H37N11O/c24-15-9-16(25)12-33(11-15)22-29-21(30-23(31-22)34-13-17(26)10-18(27)14-34)28-19-3-1-2-4-20(19)32-5-7-35-8-6-32/h1-4,15-18H,5-14,24-27H2,(H,28,29,30,31). The summed E-state index contributed by atoms with van der Waals surface area (Å²) in [6.45, 7) is 5.64. The Morgan fingerprint density at radius 1 is 0.714 bits per heavy atom. The van der Waals surface area contributed by atoms with Gasteiger partial charge < -0.3 is 47.7 Å². The predicted molar refractivity (Wildman–Crippen MR) is 138 cm³/mol. The first-order valence-electron chi connectivity index (χ1n) is 12.4. The lowest BCUT2D eigenvalue weighted by Crippen LogP contribution is -2.54. The van der Waals surface area contributed by atoms with Gasteiger partial charge in [-0.05, 0) is 25.0 Å². The van der Waals surface area contributed by atoms with Crippen molar-refractivity contribution in [3.63, 3.8) is 0 Å². The SMILES string of the molecule is NC1CC(N)CN(c2nc(Nc3ccccc3N3CCOCC3)nc(N3CC(N)CC(N)C3)n2)C1. The number of para-hydroxylation sites is 2. The summed E-state index contributed by atoms with van der Waals surface area (Å²) in [6.07, 6.45) is 1.56. The second kappa shape index (κ2) is 10.5. The Bertz CT molecular complexity index is 937. The van der Waals surface area contributed by atoms with E-state index in [1.54, 1.807) is 0 Å². The zero-order chi connectivity index (χ0) is 24.4. The van der Waals surface area contributed by atoms with E-state index in [9.17, 15) is 0 Å². The summed E-state index contributed by atoms with van der Waals surface area (Å²) in [4.78, 5) is 20.8. The molecule has 35 heavy (non-hydrogen) atoms. The van der Waals surface area contributed by atoms with Crippen LogP contribution in [0, 0.1) is 0 Å². The van der Waals surface area contributed by atoms with E-state index in [2.05, 4.69) is 16.3 Å². The van der Waals surface area contributed by atoms with E-state index in [4.69, 9.17) is 42.6 Å². The van der Waals surface area contributed by atoms with E-state index in [0.29, 0.717) is 57.2 Å². The van der Waals surface area contributed by atoms with Gasteiger partial charge >= 0.3 is 0 Å². The Kier molecular flexibility index (Phi) is 7.16. The number of ether oxygens (including phenoxy) is 1. The molecule has 0 saturated carbocycles. The minimum Gasteiger partial charge on any atom is -0.378 e. The quantitative estimate of drug-likeness (QED) is 0.358. The highest BCUT2D eigenvalue weighted by Crippen LogP contribution is 2.30. The third-order valence-corrected chi connectivity index (χ3v) is 6.71.